The molecule has 8 heteroatoms. The van der Waals surface area contributed by atoms with Gasteiger partial charge in [-0.2, -0.15) is 9.78 Å². The van der Waals surface area contributed by atoms with E-state index in [0.717, 1.165) is 0 Å². The van der Waals surface area contributed by atoms with Crippen LogP contribution in [0.4, 0.5) is 0 Å². The fourth-order valence-electron chi connectivity index (χ4n) is 2.91. The number of halogens is 1. The molecule has 0 N–H and O–H groups in total. The fraction of sp³-hybridized carbons (Fsp3) is 0.0435. The van der Waals surface area contributed by atoms with Crippen LogP contribution < -0.4 is 15.0 Å². The number of aromatic nitrogens is 2. The summed E-state index contributed by atoms with van der Waals surface area (Å²) in [6.45, 7) is 0. The molecule has 4 rings (SSSR count). The van der Waals surface area contributed by atoms with E-state index in [0.29, 0.717) is 37.1 Å². The van der Waals surface area contributed by atoms with Crippen LogP contribution in [0.3, 0.4) is 0 Å². The Labute approximate surface area is 191 Å². The lowest BCUT2D eigenvalue weighted by molar-refractivity contribution is 0.0728. The predicted molar refractivity (Wildman–Crippen MR) is 126 cm³/mol. The van der Waals surface area contributed by atoms with Gasteiger partial charge in [-0.3, -0.25) is 4.79 Å². The molecule has 1 aromatic heterocycles. The predicted octanol–water partition coefficient (Wildman–Crippen LogP) is 4.11. The molecule has 0 saturated heterocycles. The minimum atomic E-state index is -0.480. The Morgan fingerprint density at radius 1 is 1.10 bits per heavy atom. The number of carbonyl (C=O) groups excluding carboxylic acids is 1. The Morgan fingerprint density at radius 3 is 2.61 bits per heavy atom. The van der Waals surface area contributed by atoms with Gasteiger partial charge < -0.3 is 9.47 Å². The molecule has 0 fully saturated rings. The van der Waals surface area contributed by atoms with Gasteiger partial charge in [-0.25, -0.2) is 9.78 Å². The van der Waals surface area contributed by atoms with E-state index in [9.17, 15) is 9.59 Å². The van der Waals surface area contributed by atoms with E-state index < -0.39 is 5.97 Å². The van der Waals surface area contributed by atoms with E-state index in [1.165, 1.54) is 24.3 Å². The molecule has 0 aliphatic rings. The van der Waals surface area contributed by atoms with Crippen LogP contribution >= 0.6 is 22.6 Å². The lowest BCUT2D eigenvalue weighted by Crippen LogP contribution is -2.17. The van der Waals surface area contributed by atoms with Gasteiger partial charge in [0.1, 0.15) is 6.33 Å². The summed E-state index contributed by atoms with van der Waals surface area (Å²) in [6, 6.07) is 19.3. The smallest absolute Gasteiger partial charge is 0.343 e. The Hall–Kier alpha value is -3.53. The number of methoxy groups -OCH3 is 1. The van der Waals surface area contributed by atoms with E-state index in [2.05, 4.69) is 32.7 Å². The lowest BCUT2D eigenvalue weighted by atomic mass is 10.2. The summed E-state index contributed by atoms with van der Waals surface area (Å²) in [5.41, 5.74) is 1.45. The number of fused-ring (bicyclic) bond motifs is 1. The van der Waals surface area contributed by atoms with Crippen molar-refractivity contribution in [2.45, 2.75) is 0 Å². The second kappa shape index (κ2) is 9.09. The molecule has 7 nitrogen and oxygen atoms in total. The first-order valence-electron chi connectivity index (χ1n) is 9.22. The monoisotopic (exact) mass is 525 g/mol. The molecule has 0 atom stereocenters. The number of esters is 1. The quantitative estimate of drug-likeness (QED) is 0.170. The average Bonchev–Trinajstić information content (AvgIpc) is 2.80. The van der Waals surface area contributed by atoms with Gasteiger partial charge in [0, 0.05) is 0 Å². The number of rotatable bonds is 5. The maximum absolute atomic E-state index is 12.6. The molecule has 4 aromatic rings. The first-order chi connectivity index (χ1) is 15.1. The van der Waals surface area contributed by atoms with Crippen LogP contribution in [0, 0.1) is 3.57 Å². The summed E-state index contributed by atoms with van der Waals surface area (Å²) in [7, 11) is 1.49. The van der Waals surface area contributed by atoms with Crippen molar-refractivity contribution in [1.82, 2.24) is 9.66 Å². The number of carbonyl (C=O) groups is 1. The van der Waals surface area contributed by atoms with E-state index in [1.54, 1.807) is 54.6 Å². The maximum atomic E-state index is 12.6. The highest BCUT2D eigenvalue weighted by Gasteiger charge is 2.16. The lowest BCUT2D eigenvalue weighted by Gasteiger charge is -2.12. The van der Waals surface area contributed by atoms with Gasteiger partial charge in [0.15, 0.2) is 11.5 Å². The first-order valence-corrected chi connectivity index (χ1v) is 10.3. The maximum Gasteiger partial charge on any atom is 0.343 e. The van der Waals surface area contributed by atoms with Crippen LogP contribution in [0.15, 0.2) is 83.0 Å². The fourth-order valence-corrected chi connectivity index (χ4v) is 3.65. The van der Waals surface area contributed by atoms with Crippen molar-refractivity contribution in [3.8, 4) is 11.5 Å². The molecular weight excluding hydrogens is 509 g/mol. The molecule has 0 amide bonds. The summed E-state index contributed by atoms with van der Waals surface area (Å²) in [5, 5.41) is 4.71. The summed E-state index contributed by atoms with van der Waals surface area (Å²) >= 11 is 2.06. The second-order valence-electron chi connectivity index (χ2n) is 6.45. The van der Waals surface area contributed by atoms with Gasteiger partial charge in [0.05, 0.1) is 33.4 Å². The summed E-state index contributed by atoms with van der Waals surface area (Å²) in [4.78, 5) is 29.2. The first kappa shape index (κ1) is 20.7. The number of nitrogens with zero attached hydrogens (tertiary/aromatic N) is 3. The van der Waals surface area contributed by atoms with Crippen LogP contribution in [0.25, 0.3) is 10.9 Å². The largest absolute Gasteiger partial charge is 0.493 e. The Morgan fingerprint density at radius 2 is 1.84 bits per heavy atom. The number of ether oxygens (including phenoxy) is 2. The van der Waals surface area contributed by atoms with Crippen molar-refractivity contribution < 1.29 is 14.3 Å². The third-order valence-electron chi connectivity index (χ3n) is 4.44. The molecule has 0 radical (unpaired) electrons. The van der Waals surface area contributed by atoms with Crippen molar-refractivity contribution in [1.29, 1.82) is 0 Å². The molecule has 0 bridgehead atoms. The van der Waals surface area contributed by atoms with E-state index in [1.807, 2.05) is 12.1 Å². The molecule has 1 heterocycles. The van der Waals surface area contributed by atoms with E-state index in [4.69, 9.17) is 9.47 Å². The van der Waals surface area contributed by atoms with Gasteiger partial charge in [0.2, 0.25) is 0 Å². The van der Waals surface area contributed by atoms with Gasteiger partial charge in [-0.05, 0) is 64.6 Å². The van der Waals surface area contributed by atoms with E-state index >= 15 is 0 Å². The summed E-state index contributed by atoms with van der Waals surface area (Å²) in [5.74, 6) is 0.215. The zero-order chi connectivity index (χ0) is 21.8. The molecule has 154 valence electrons. The van der Waals surface area contributed by atoms with Gasteiger partial charge in [-0.1, -0.05) is 30.3 Å². The molecule has 0 unspecified atom stereocenters. The van der Waals surface area contributed by atoms with Crippen LogP contribution in [-0.2, 0) is 0 Å². The van der Waals surface area contributed by atoms with Crippen LogP contribution in [-0.4, -0.2) is 29.0 Å². The van der Waals surface area contributed by atoms with Crippen molar-refractivity contribution >= 4 is 45.7 Å². The minimum absolute atomic E-state index is 0.267. The topological polar surface area (TPSA) is 82.8 Å². The third-order valence-corrected chi connectivity index (χ3v) is 5.24. The Balaban J connectivity index is 1.63. The standard InChI is InChI=1S/C23H16IN3O4/c1-30-20-12-15(11-18(24)21(20)31-23(29)16-7-3-2-4-8-16)13-26-27-14-25-19-10-6-5-9-17(19)22(27)28/h2-14H,1H3/b26-13-. The summed E-state index contributed by atoms with van der Waals surface area (Å²) in [6.07, 6.45) is 2.89. The molecule has 3 aromatic carbocycles. The molecule has 0 saturated carbocycles. The van der Waals surface area contributed by atoms with Crippen molar-refractivity contribution in [2.75, 3.05) is 7.11 Å². The van der Waals surface area contributed by atoms with E-state index in [-0.39, 0.29) is 5.56 Å². The number of benzene rings is 3. The van der Waals surface area contributed by atoms with Crippen LogP contribution in [0.5, 0.6) is 11.5 Å². The normalized spacial score (nSPS) is 11.0. The summed E-state index contributed by atoms with van der Waals surface area (Å²) < 4.78 is 12.8. The van der Waals surface area contributed by atoms with Crippen molar-refractivity contribution in [2.24, 2.45) is 5.10 Å². The van der Waals surface area contributed by atoms with Crippen molar-refractivity contribution in [3.63, 3.8) is 0 Å². The molecule has 31 heavy (non-hydrogen) atoms. The molecule has 0 aliphatic carbocycles. The van der Waals surface area contributed by atoms with Crippen LogP contribution in [0.2, 0.25) is 0 Å². The number of hydrogen-bond acceptors (Lipinski definition) is 6. The molecule has 0 spiro atoms. The SMILES string of the molecule is COc1cc(/C=N\n2cnc3ccccc3c2=O)cc(I)c1OC(=O)c1ccccc1. The van der Waals surface area contributed by atoms with Crippen molar-refractivity contribution in [3.05, 3.63) is 98.1 Å². The number of para-hydroxylation sites is 1. The van der Waals surface area contributed by atoms with Crippen LogP contribution in [0.1, 0.15) is 15.9 Å². The molecular formula is C23H16IN3O4. The zero-order valence-corrected chi connectivity index (χ0v) is 18.5. The second-order valence-corrected chi connectivity index (χ2v) is 7.61. The highest BCUT2D eigenvalue weighted by molar-refractivity contribution is 14.1. The van der Waals surface area contributed by atoms with Gasteiger partial charge in [-0.15, -0.1) is 0 Å². The number of hydrogen-bond donors (Lipinski definition) is 0. The molecule has 0 aliphatic heterocycles. The Kier molecular flexibility index (Phi) is 6.08. The van der Waals surface area contributed by atoms with Gasteiger partial charge in [0.25, 0.3) is 5.56 Å². The van der Waals surface area contributed by atoms with Gasteiger partial charge >= 0.3 is 5.97 Å². The third kappa shape index (κ3) is 4.48. The highest BCUT2D eigenvalue weighted by Crippen LogP contribution is 2.34. The minimum Gasteiger partial charge on any atom is -0.493 e. The average molecular weight is 525 g/mol. The Bertz CT molecular complexity index is 1350. The highest BCUT2D eigenvalue weighted by atomic mass is 127. The zero-order valence-electron chi connectivity index (χ0n) is 16.4.